The van der Waals surface area contributed by atoms with Gasteiger partial charge in [-0.3, -0.25) is 0 Å². The minimum absolute atomic E-state index is 0.0552. The molecule has 0 bridgehead atoms. The number of aromatic nitrogens is 1. The standard InChI is InChI=1S/C17H14ClNO3S/c1-2-23(20,21)14-8-9-16-15(11-14)19-17(22-16)10-5-12-3-6-13(18)7-4-12/h3-11H,2H2,1H3/b10-5+. The Hall–Kier alpha value is -2.11. The van der Waals surface area contributed by atoms with Crippen LogP contribution in [0.1, 0.15) is 18.4 Å². The first-order valence-corrected chi connectivity index (χ1v) is 9.08. The number of hydrogen-bond donors (Lipinski definition) is 0. The van der Waals surface area contributed by atoms with Gasteiger partial charge in [-0.05, 0) is 42.0 Å². The number of hydrogen-bond acceptors (Lipinski definition) is 4. The smallest absolute Gasteiger partial charge is 0.220 e. The Morgan fingerprint density at radius 2 is 1.87 bits per heavy atom. The molecule has 0 N–H and O–H groups in total. The lowest BCUT2D eigenvalue weighted by molar-refractivity contribution is 0.589. The molecule has 118 valence electrons. The van der Waals surface area contributed by atoms with Gasteiger partial charge in [0.2, 0.25) is 5.89 Å². The highest BCUT2D eigenvalue weighted by molar-refractivity contribution is 7.91. The van der Waals surface area contributed by atoms with E-state index in [1.54, 1.807) is 37.3 Å². The molecule has 1 heterocycles. The number of halogens is 1. The van der Waals surface area contributed by atoms with Crippen molar-refractivity contribution in [3.8, 4) is 0 Å². The average molecular weight is 348 g/mol. The quantitative estimate of drug-likeness (QED) is 0.699. The number of sulfone groups is 1. The molecule has 23 heavy (non-hydrogen) atoms. The maximum Gasteiger partial charge on any atom is 0.220 e. The van der Waals surface area contributed by atoms with E-state index in [0.717, 1.165) is 5.56 Å². The summed E-state index contributed by atoms with van der Waals surface area (Å²) in [4.78, 5) is 4.57. The van der Waals surface area contributed by atoms with Gasteiger partial charge >= 0.3 is 0 Å². The second-order valence-electron chi connectivity index (χ2n) is 4.97. The van der Waals surface area contributed by atoms with E-state index < -0.39 is 9.84 Å². The predicted molar refractivity (Wildman–Crippen MR) is 92.1 cm³/mol. The van der Waals surface area contributed by atoms with Crippen molar-refractivity contribution >= 4 is 44.7 Å². The summed E-state index contributed by atoms with van der Waals surface area (Å²) in [5.41, 5.74) is 2.04. The van der Waals surface area contributed by atoms with Crippen molar-refractivity contribution in [3.63, 3.8) is 0 Å². The van der Waals surface area contributed by atoms with Crippen LogP contribution < -0.4 is 0 Å². The minimum Gasteiger partial charge on any atom is -0.437 e. The van der Waals surface area contributed by atoms with Crippen molar-refractivity contribution in [3.05, 3.63) is 58.9 Å². The van der Waals surface area contributed by atoms with E-state index in [-0.39, 0.29) is 10.6 Å². The monoisotopic (exact) mass is 347 g/mol. The molecule has 0 fully saturated rings. The SMILES string of the molecule is CCS(=O)(=O)c1ccc2oc(/C=C/c3ccc(Cl)cc3)nc2c1. The molecule has 0 spiro atoms. The fourth-order valence-corrected chi connectivity index (χ4v) is 3.12. The summed E-state index contributed by atoms with van der Waals surface area (Å²) < 4.78 is 29.4. The topological polar surface area (TPSA) is 60.2 Å². The number of oxazole rings is 1. The van der Waals surface area contributed by atoms with E-state index in [1.165, 1.54) is 6.07 Å². The normalized spacial score (nSPS) is 12.3. The van der Waals surface area contributed by atoms with Crippen LogP contribution in [-0.4, -0.2) is 19.2 Å². The van der Waals surface area contributed by atoms with Crippen molar-refractivity contribution in [2.45, 2.75) is 11.8 Å². The van der Waals surface area contributed by atoms with Crippen LogP contribution >= 0.6 is 11.6 Å². The predicted octanol–water partition coefficient (Wildman–Crippen LogP) is 4.45. The van der Waals surface area contributed by atoms with Gasteiger partial charge in [0, 0.05) is 11.1 Å². The van der Waals surface area contributed by atoms with Crippen LogP contribution in [0, 0.1) is 0 Å². The van der Waals surface area contributed by atoms with Gasteiger partial charge in [-0.1, -0.05) is 30.7 Å². The highest BCUT2D eigenvalue weighted by Crippen LogP contribution is 2.22. The second kappa shape index (κ2) is 6.18. The third-order valence-electron chi connectivity index (χ3n) is 3.40. The molecule has 3 aromatic rings. The van der Waals surface area contributed by atoms with Gasteiger partial charge in [0.15, 0.2) is 15.4 Å². The van der Waals surface area contributed by atoms with E-state index in [1.807, 2.05) is 18.2 Å². The highest BCUT2D eigenvalue weighted by atomic mass is 35.5. The van der Waals surface area contributed by atoms with Gasteiger partial charge in [0.25, 0.3) is 0 Å². The maximum absolute atomic E-state index is 11.9. The fourth-order valence-electron chi connectivity index (χ4n) is 2.10. The van der Waals surface area contributed by atoms with Crippen LogP contribution in [0.3, 0.4) is 0 Å². The molecule has 0 amide bonds. The van der Waals surface area contributed by atoms with Crippen molar-refractivity contribution in [2.75, 3.05) is 5.75 Å². The van der Waals surface area contributed by atoms with Crippen LogP contribution in [0.25, 0.3) is 23.3 Å². The zero-order valence-electron chi connectivity index (χ0n) is 12.4. The van der Waals surface area contributed by atoms with Crippen LogP contribution in [-0.2, 0) is 9.84 Å². The van der Waals surface area contributed by atoms with Gasteiger partial charge < -0.3 is 4.42 Å². The van der Waals surface area contributed by atoms with E-state index in [2.05, 4.69) is 4.98 Å². The molecule has 0 atom stereocenters. The van der Waals surface area contributed by atoms with E-state index in [4.69, 9.17) is 16.0 Å². The zero-order chi connectivity index (χ0) is 16.4. The first-order valence-electron chi connectivity index (χ1n) is 7.05. The Labute approximate surface area is 139 Å². The number of benzene rings is 2. The van der Waals surface area contributed by atoms with Crippen molar-refractivity contribution in [1.29, 1.82) is 0 Å². The molecule has 2 aromatic carbocycles. The van der Waals surface area contributed by atoms with Crippen LogP contribution in [0.4, 0.5) is 0 Å². The Morgan fingerprint density at radius 3 is 2.57 bits per heavy atom. The number of rotatable bonds is 4. The lowest BCUT2D eigenvalue weighted by atomic mass is 10.2. The Morgan fingerprint density at radius 1 is 1.13 bits per heavy atom. The molecule has 0 aliphatic carbocycles. The largest absolute Gasteiger partial charge is 0.437 e. The average Bonchev–Trinajstić information content (AvgIpc) is 2.96. The summed E-state index contributed by atoms with van der Waals surface area (Å²) in [5, 5.41) is 0.675. The molecule has 6 heteroatoms. The molecule has 0 saturated carbocycles. The summed E-state index contributed by atoms with van der Waals surface area (Å²) in [7, 11) is -3.25. The maximum atomic E-state index is 11.9. The van der Waals surface area contributed by atoms with E-state index in [9.17, 15) is 8.42 Å². The Balaban J connectivity index is 1.92. The molecule has 0 aliphatic rings. The summed E-state index contributed by atoms with van der Waals surface area (Å²) in [6, 6.07) is 12.1. The Kier molecular flexibility index (Phi) is 4.24. The minimum atomic E-state index is -3.25. The second-order valence-corrected chi connectivity index (χ2v) is 7.68. The lowest BCUT2D eigenvalue weighted by Gasteiger charge is -1.99. The summed E-state index contributed by atoms with van der Waals surface area (Å²) in [6.45, 7) is 1.61. The molecule has 0 radical (unpaired) electrons. The summed E-state index contributed by atoms with van der Waals surface area (Å²) in [6.07, 6.45) is 3.59. The van der Waals surface area contributed by atoms with Gasteiger partial charge in [-0.2, -0.15) is 0 Å². The van der Waals surface area contributed by atoms with Crippen molar-refractivity contribution < 1.29 is 12.8 Å². The van der Waals surface area contributed by atoms with Gasteiger partial charge in [-0.25, -0.2) is 13.4 Å². The molecule has 0 aliphatic heterocycles. The molecule has 1 aromatic heterocycles. The molecular weight excluding hydrogens is 334 g/mol. The molecule has 4 nitrogen and oxygen atoms in total. The molecule has 0 unspecified atom stereocenters. The number of nitrogens with zero attached hydrogens (tertiary/aromatic N) is 1. The Bertz CT molecular complexity index is 973. The third-order valence-corrected chi connectivity index (χ3v) is 5.39. The molecule has 0 saturated heterocycles. The van der Waals surface area contributed by atoms with Crippen molar-refractivity contribution in [1.82, 2.24) is 4.98 Å². The highest BCUT2D eigenvalue weighted by Gasteiger charge is 2.13. The van der Waals surface area contributed by atoms with Crippen molar-refractivity contribution in [2.24, 2.45) is 0 Å². The summed E-state index contributed by atoms with van der Waals surface area (Å²) >= 11 is 5.84. The number of fused-ring (bicyclic) bond motifs is 1. The van der Waals surface area contributed by atoms with Crippen LogP contribution in [0.2, 0.25) is 5.02 Å². The fraction of sp³-hybridized carbons (Fsp3) is 0.118. The molecule has 3 rings (SSSR count). The lowest BCUT2D eigenvalue weighted by Crippen LogP contribution is -2.03. The molecular formula is C17H14ClNO3S. The van der Waals surface area contributed by atoms with E-state index >= 15 is 0 Å². The summed E-state index contributed by atoms with van der Waals surface area (Å²) in [5.74, 6) is 0.473. The van der Waals surface area contributed by atoms with Crippen LogP contribution in [0.5, 0.6) is 0 Å². The van der Waals surface area contributed by atoms with Gasteiger partial charge in [0.1, 0.15) is 5.52 Å². The van der Waals surface area contributed by atoms with Crippen LogP contribution in [0.15, 0.2) is 51.8 Å². The van der Waals surface area contributed by atoms with Gasteiger partial charge in [0.05, 0.1) is 10.6 Å². The van der Waals surface area contributed by atoms with E-state index in [0.29, 0.717) is 22.0 Å². The van der Waals surface area contributed by atoms with Gasteiger partial charge in [-0.15, -0.1) is 0 Å². The third kappa shape index (κ3) is 3.46. The first-order chi connectivity index (χ1) is 11.0. The first kappa shape index (κ1) is 15.8. The zero-order valence-corrected chi connectivity index (χ0v) is 13.9.